The number of aromatic amines is 1. The fourth-order valence-electron chi connectivity index (χ4n) is 3.99. The largest absolute Gasteiger partial charge is 0.493 e. The summed E-state index contributed by atoms with van der Waals surface area (Å²) in [5, 5.41) is 10.1. The maximum absolute atomic E-state index is 6.67. The molecule has 0 fully saturated rings. The molecule has 0 atom stereocenters. The maximum Gasteiger partial charge on any atom is 0.179 e. The van der Waals surface area contributed by atoms with E-state index in [1.54, 1.807) is 32.5 Å². The summed E-state index contributed by atoms with van der Waals surface area (Å²) in [5.41, 5.74) is 3.70. The molecule has 4 heterocycles. The van der Waals surface area contributed by atoms with Gasteiger partial charge in [0, 0.05) is 41.5 Å². The number of aromatic nitrogens is 6. The van der Waals surface area contributed by atoms with Gasteiger partial charge in [-0.2, -0.15) is 5.10 Å². The second-order valence-electron chi connectivity index (χ2n) is 8.76. The highest BCUT2D eigenvalue weighted by atomic mass is 35.5. The van der Waals surface area contributed by atoms with Crippen molar-refractivity contribution in [3.05, 3.63) is 52.7 Å². The molecule has 36 heavy (non-hydrogen) atoms. The Labute approximate surface area is 217 Å². The van der Waals surface area contributed by atoms with Crippen LogP contribution in [0.2, 0.25) is 10.2 Å². The fraction of sp³-hybridized carbons (Fsp3) is 0.280. The lowest BCUT2D eigenvalue weighted by Gasteiger charge is -2.13. The molecule has 186 valence electrons. The third kappa shape index (κ3) is 4.64. The number of benzene rings is 1. The average molecular weight is 526 g/mol. The molecule has 2 N–H and O–H groups in total. The number of nitrogens with zero attached hydrogens (tertiary/aromatic N) is 5. The number of hydrogen-bond donors (Lipinski definition) is 2. The summed E-state index contributed by atoms with van der Waals surface area (Å²) in [6, 6.07) is 7.18. The number of pyridine rings is 2. The molecule has 0 bridgehead atoms. The number of anilines is 1. The molecule has 0 spiro atoms. The molecule has 0 amide bonds. The summed E-state index contributed by atoms with van der Waals surface area (Å²) in [6.07, 6.45) is 3.77. The predicted octanol–water partition coefficient (Wildman–Crippen LogP) is 5.81. The van der Waals surface area contributed by atoms with E-state index in [2.05, 4.69) is 34.1 Å². The molecule has 0 saturated heterocycles. The van der Waals surface area contributed by atoms with Crippen LogP contribution in [0.3, 0.4) is 0 Å². The minimum Gasteiger partial charge on any atom is -0.493 e. The zero-order chi connectivity index (χ0) is 25.4. The number of halogens is 2. The molecule has 5 aromatic rings. The van der Waals surface area contributed by atoms with E-state index in [1.165, 1.54) is 0 Å². The number of methoxy groups -OCH3 is 2. The van der Waals surface area contributed by atoms with Crippen LogP contribution in [-0.2, 0) is 6.54 Å². The van der Waals surface area contributed by atoms with Gasteiger partial charge in [-0.15, -0.1) is 0 Å². The van der Waals surface area contributed by atoms with E-state index in [1.807, 2.05) is 23.0 Å². The number of nitrogens with one attached hydrogen (secondary N) is 2. The van der Waals surface area contributed by atoms with Crippen molar-refractivity contribution >= 4 is 51.1 Å². The summed E-state index contributed by atoms with van der Waals surface area (Å²) in [5.74, 6) is 2.99. The van der Waals surface area contributed by atoms with E-state index in [9.17, 15) is 0 Å². The standard InChI is InChI=1S/C25H25Cl2N7O2/c1-13(2)9-28-25-23-16(15(10-29-25)14-7-19(35-3)20(36-4)8-17(14)26)11-34(33-23)12-22-30-18-5-6-21(27)31-24(18)32-22/h5-8,10-11,13H,9,12H2,1-4H3,(H,28,29)(H,30,31,32). The van der Waals surface area contributed by atoms with Crippen molar-refractivity contribution in [2.75, 3.05) is 26.1 Å². The Kier molecular flexibility index (Phi) is 6.59. The lowest BCUT2D eigenvalue weighted by atomic mass is 10.0. The van der Waals surface area contributed by atoms with Gasteiger partial charge in [0.15, 0.2) is 23.0 Å². The second kappa shape index (κ2) is 9.83. The molecule has 0 aliphatic heterocycles. The number of fused-ring (bicyclic) bond motifs is 2. The first-order chi connectivity index (χ1) is 17.4. The number of imidazole rings is 1. The monoisotopic (exact) mass is 525 g/mol. The molecule has 11 heteroatoms. The van der Waals surface area contributed by atoms with Crippen molar-refractivity contribution in [2.24, 2.45) is 5.92 Å². The summed E-state index contributed by atoms with van der Waals surface area (Å²) >= 11 is 12.7. The minimum atomic E-state index is 0.397. The van der Waals surface area contributed by atoms with Crippen LogP contribution in [0.5, 0.6) is 11.5 Å². The zero-order valence-corrected chi connectivity index (χ0v) is 21.8. The van der Waals surface area contributed by atoms with Gasteiger partial charge >= 0.3 is 0 Å². The van der Waals surface area contributed by atoms with Crippen LogP contribution >= 0.6 is 23.2 Å². The van der Waals surface area contributed by atoms with Gasteiger partial charge in [0.1, 0.15) is 16.5 Å². The van der Waals surface area contributed by atoms with Gasteiger partial charge < -0.3 is 19.8 Å². The lowest BCUT2D eigenvalue weighted by Crippen LogP contribution is -2.10. The van der Waals surface area contributed by atoms with Crippen LogP contribution in [0.4, 0.5) is 5.82 Å². The Morgan fingerprint density at radius 1 is 1.06 bits per heavy atom. The first-order valence-corrected chi connectivity index (χ1v) is 12.1. The Morgan fingerprint density at radius 3 is 2.58 bits per heavy atom. The van der Waals surface area contributed by atoms with Crippen LogP contribution in [0, 0.1) is 5.92 Å². The molecular formula is C25H25Cl2N7O2. The molecular weight excluding hydrogens is 501 g/mol. The average Bonchev–Trinajstić information content (AvgIpc) is 3.45. The van der Waals surface area contributed by atoms with Gasteiger partial charge in [-0.05, 0) is 24.1 Å². The highest BCUT2D eigenvalue weighted by molar-refractivity contribution is 6.34. The Hall–Kier alpha value is -3.56. The van der Waals surface area contributed by atoms with Crippen molar-refractivity contribution in [2.45, 2.75) is 20.4 Å². The SMILES string of the molecule is COc1cc(Cl)c(-c2cnc(NCC(C)C)c3nn(Cc4nc5nc(Cl)ccc5[nH]4)cc23)cc1OC. The first-order valence-electron chi connectivity index (χ1n) is 11.4. The van der Waals surface area contributed by atoms with Crippen LogP contribution < -0.4 is 14.8 Å². The van der Waals surface area contributed by atoms with E-state index < -0.39 is 0 Å². The van der Waals surface area contributed by atoms with Crippen molar-refractivity contribution in [1.82, 2.24) is 29.7 Å². The van der Waals surface area contributed by atoms with Gasteiger partial charge in [0.05, 0.1) is 31.3 Å². The third-order valence-electron chi connectivity index (χ3n) is 5.71. The molecule has 0 radical (unpaired) electrons. The second-order valence-corrected chi connectivity index (χ2v) is 9.55. The van der Waals surface area contributed by atoms with E-state index in [4.69, 9.17) is 42.8 Å². The molecule has 0 saturated carbocycles. The number of hydrogen-bond acceptors (Lipinski definition) is 7. The molecule has 0 aliphatic carbocycles. The normalized spacial score (nSPS) is 11.5. The smallest absolute Gasteiger partial charge is 0.179 e. The van der Waals surface area contributed by atoms with Crippen molar-refractivity contribution in [3.63, 3.8) is 0 Å². The van der Waals surface area contributed by atoms with E-state index in [0.717, 1.165) is 34.1 Å². The maximum atomic E-state index is 6.67. The highest BCUT2D eigenvalue weighted by Crippen LogP contribution is 2.41. The van der Waals surface area contributed by atoms with Crippen molar-refractivity contribution < 1.29 is 9.47 Å². The van der Waals surface area contributed by atoms with Gasteiger partial charge in [-0.25, -0.2) is 15.0 Å². The van der Waals surface area contributed by atoms with Crippen molar-refractivity contribution in [1.29, 1.82) is 0 Å². The van der Waals surface area contributed by atoms with Crippen LogP contribution in [-0.4, -0.2) is 50.5 Å². The number of H-pyrrole nitrogens is 1. The lowest BCUT2D eigenvalue weighted by molar-refractivity contribution is 0.355. The van der Waals surface area contributed by atoms with Crippen LogP contribution in [0.25, 0.3) is 33.2 Å². The number of ether oxygens (including phenoxy) is 2. The molecule has 0 unspecified atom stereocenters. The molecule has 1 aromatic carbocycles. The van der Waals surface area contributed by atoms with E-state index in [-0.39, 0.29) is 0 Å². The Balaban J connectivity index is 1.61. The van der Waals surface area contributed by atoms with Gasteiger partial charge in [0.25, 0.3) is 0 Å². The summed E-state index contributed by atoms with van der Waals surface area (Å²) in [7, 11) is 3.17. The predicted molar refractivity (Wildman–Crippen MR) is 142 cm³/mol. The quantitative estimate of drug-likeness (QED) is 0.246. The van der Waals surface area contributed by atoms with E-state index >= 15 is 0 Å². The fourth-order valence-corrected chi connectivity index (χ4v) is 4.39. The Bertz CT molecular complexity index is 1560. The molecule has 0 aliphatic rings. The summed E-state index contributed by atoms with van der Waals surface area (Å²) in [6.45, 7) is 5.46. The highest BCUT2D eigenvalue weighted by Gasteiger charge is 2.19. The van der Waals surface area contributed by atoms with Gasteiger partial charge in [-0.1, -0.05) is 37.0 Å². The topological polar surface area (TPSA) is 103 Å². The third-order valence-corrected chi connectivity index (χ3v) is 6.24. The zero-order valence-electron chi connectivity index (χ0n) is 20.3. The van der Waals surface area contributed by atoms with Gasteiger partial charge in [0.2, 0.25) is 0 Å². The number of rotatable bonds is 8. The summed E-state index contributed by atoms with van der Waals surface area (Å²) < 4.78 is 12.7. The first kappa shape index (κ1) is 24.1. The molecule has 9 nitrogen and oxygen atoms in total. The van der Waals surface area contributed by atoms with E-state index in [0.29, 0.717) is 51.4 Å². The van der Waals surface area contributed by atoms with Gasteiger partial charge in [-0.3, -0.25) is 4.68 Å². The molecule has 5 rings (SSSR count). The van der Waals surface area contributed by atoms with Crippen LogP contribution in [0.15, 0.2) is 36.7 Å². The minimum absolute atomic E-state index is 0.397. The summed E-state index contributed by atoms with van der Waals surface area (Å²) in [4.78, 5) is 16.8. The Morgan fingerprint density at radius 2 is 1.83 bits per heavy atom. The molecule has 4 aromatic heterocycles. The van der Waals surface area contributed by atoms with Crippen LogP contribution in [0.1, 0.15) is 19.7 Å². The van der Waals surface area contributed by atoms with Crippen molar-refractivity contribution in [3.8, 4) is 22.6 Å².